The topological polar surface area (TPSA) is 9.23 Å². The molecular weight excluding hydrogens is 347 g/mol. The molecule has 100 valence electrons. The average Bonchev–Trinajstić information content (AvgIpc) is 2.62. The summed E-state index contributed by atoms with van der Waals surface area (Å²) in [5.74, 6) is 1.43. The summed E-state index contributed by atoms with van der Waals surface area (Å²) in [6.45, 7) is 9.42. The van der Waals surface area contributed by atoms with Crippen molar-refractivity contribution in [3.63, 3.8) is 0 Å². The van der Waals surface area contributed by atoms with Gasteiger partial charge in [-0.25, -0.2) is 0 Å². The molecule has 3 heteroatoms. The lowest BCUT2D eigenvalue weighted by molar-refractivity contribution is -0.114. The molecule has 0 spiro atoms. The maximum Gasteiger partial charge on any atom is 0.0882 e. The van der Waals surface area contributed by atoms with Gasteiger partial charge >= 0.3 is 0 Å². The first-order valence-electron chi connectivity index (χ1n) is 6.59. The van der Waals surface area contributed by atoms with Crippen molar-refractivity contribution in [2.45, 2.75) is 58.7 Å². The van der Waals surface area contributed by atoms with Crippen LogP contribution in [0.2, 0.25) is 0 Å². The number of ether oxygens (including phenoxy) is 1. The standard InChI is InChI=1S/C14H24ClIO/c1-12(2)10-5-6-14(12,4)11(7-10)17-13(3,8-15)9-16/h10-11H,5-9H2,1-4H3. The van der Waals surface area contributed by atoms with E-state index in [1.807, 2.05) is 0 Å². The van der Waals surface area contributed by atoms with E-state index in [0.717, 1.165) is 10.3 Å². The van der Waals surface area contributed by atoms with Gasteiger partial charge in [0.05, 0.1) is 17.6 Å². The van der Waals surface area contributed by atoms with Gasteiger partial charge in [-0.2, -0.15) is 0 Å². The highest BCUT2D eigenvalue weighted by Crippen LogP contribution is 2.66. The van der Waals surface area contributed by atoms with Gasteiger partial charge in [-0.3, -0.25) is 0 Å². The van der Waals surface area contributed by atoms with Gasteiger partial charge in [0, 0.05) is 4.43 Å². The van der Waals surface area contributed by atoms with Gasteiger partial charge in [-0.1, -0.05) is 43.4 Å². The lowest BCUT2D eigenvalue weighted by Crippen LogP contribution is -2.44. The molecule has 4 atom stereocenters. The summed E-state index contributed by atoms with van der Waals surface area (Å²) < 4.78 is 7.39. The number of alkyl halides is 2. The zero-order valence-corrected chi connectivity index (χ0v) is 14.3. The van der Waals surface area contributed by atoms with Crippen LogP contribution >= 0.6 is 34.2 Å². The van der Waals surface area contributed by atoms with E-state index < -0.39 is 0 Å². The van der Waals surface area contributed by atoms with Crippen molar-refractivity contribution < 1.29 is 4.74 Å². The van der Waals surface area contributed by atoms with E-state index >= 15 is 0 Å². The zero-order chi connectivity index (χ0) is 12.9. The van der Waals surface area contributed by atoms with E-state index in [1.165, 1.54) is 19.3 Å². The van der Waals surface area contributed by atoms with Gasteiger partial charge in [-0.15, -0.1) is 11.6 Å². The summed E-state index contributed by atoms with van der Waals surface area (Å²) in [5, 5.41) is 0. The molecule has 2 fully saturated rings. The minimum absolute atomic E-state index is 0.156. The molecule has 0 aromatic rings. The Morgan fingerprint density at radius 2 is 2.06 bits per heavy atom. The fourth-order valence-electron chi connectivity index (χ4n) is 3.75. The van der Waals surface area contributed by atoms with E-state index in [1.54, 1.807) is 0 Å². The Balaban J connectivity index is 2.16. The Morgan fingerprint density at radius 3 is 2.41 bits per heavy atom. The smallest absolute Gasteiger partial charge is 0.0882 e. The normalized spacial score (nSPS) is 42.7. The van der Waals surface area contributed by atoms with Crippen LogP contribution < -0.4 is 0 Å². The van der Waals surface area contributed by atoms with Crippen LogP contribution in [0.4, 0.5) is 0 Å². The van der Waals surface area contributed by atoms with Crippen molar-refractivity contribution in [2.24, 2.45) is 16.7 Å². The van der Waals surface area contributed by atoms with Crippen molar-refractivity contribution in [3.05, 3.63) is 0 Å². The Bertz CT molecular complexity index is 301. The molecule has 4 unspecified atom stereocenters. The molecule has 0 heterocycles. The molecule has 0 aromatic heterocycles. The number of fused-ring (bicyclic) bond motifs is 2. The molecule has 17 heavy (non-hydrogen) atoms. The third kappa shape index (κ3) is 2.06. The van der Waals surface area contributed by atoms with Crippen molar-refractivity contribution in [3.8, 4) is 0 Å². The maximum atomic E-state index is 6.43. The summed E-state index contributed by atoms with van der Waals surface area (Å²) in [4.78, 5) is 0. The minimum Gasteiger partial charge on any atom is -0.369 e. The third-order valence-electron chi connectivity index (χ3n) is 5.71. The second-order valence-corrected chi connectivity index (χ2v) is 7.96. The van der Waals surface area contributed by atoms with E-state index in [0.29, 0.717) is 22.8 Å². The molecule has 0 N–H and O–H groups in total. The molecule has 1 nitrogen and oxygen atoms in total. The van der Waals surface area contributed by atoms with E-state index in [2.05, 4.69) is 50.3 Å². The van der Waals surface area contributed by atoms with Crippen molar-refractivity contribution in [1.82, 2.24) is 0 Å². The number of halogens is 2. The van der Waals surface area contributed by atoms with Crippen LogP contribution in [0.3, 0.4) is 0 Å². The monoisotopic (exact) mass is 370 g/mol. The zero-order valence-electron chi connectivity index (χ0n) is 11.4. The van der Waals surface area contributed by atoms with Crippen LogP contribution in [0.1, 0.15) is 47.0 Å². The van der Waals surface area contributed by atoms with E-state index in [9.17, 15) is 0 Å². The molecule has 2 saturated carbocycles. The van der Waals surface area contributed by atoms with Gasteiger partial charge in [0.2, 0.25) is 0 Å². The summed E-state index contributed by atoms with van der Waals surface area (Å²) in [5.41, 5.74) is 0.614. The fourth-order valence-corrected chi connectivity index (χ4v) is 4.68. The first-order valence-corrected chi connectivity index (χ1v) is 8.65. The second kappa shape index (κ2) is 4.52. The lowest BCUT2D eigenvalue weighted by atomic mass is 9.70. The summed E-state index contributed by atoms with van der Waals surface area (Å²) >= 11 is 8.46. The first-order chi connectivity index (χ1) is 7.79. The molecule has 2 aliphatic rings. The van der Waals surface area contributed by atoms with Crippen LogP contribution in [0, 0.1) is 16.7 Å². The van der Waals surface area contributed by atoms with Crippen LogP contribution in [-0.4, -0.2) is 22.0 Å². The van der Waals surface area contributed by atoms with Crippen LogP contribution in [0.15, 0.2) is 0 Å². The van der Waals surface area contributed by atoms with Crippen LogP contribution in [-0.2, 0) is 4.74 Å². The Kier molecular flexibility index (Phi) is 3.82. The first kappa shape index (κ1) is 14.4. The fraction of sp³-hybridized carbons (Fsp3) is 1.00. The van der Waals surface area contributed by atoms with Gasteiger partial charge in [0.1, 0.15) is 0 Å². The quantitative estimate of drug-likeness (QED) is 0.517. The summed E-state index contributed by atoms with van der Waals surface area (Å²) in [7, 11) is 0. The van der Waals surface area contributed by atoms with Gasteiger partial charge < -0.3 is 4.74 Å². The van der Waals surface area contributed by atoms with Gasteiger partial charge in [0.15, 0.2) is 0 Å². The van der Waals surface area contributed by atoms with Crippen molar-refractivity contribution in [2.75, 3.05) is 10.3 Å². The van der Waals surface area contributed by atoms with Crippen molar-refractivity contribution >= 4 is 34.2 Å². The minimum atomic E-state index is -0.156. The van der Waals surface area contributed by atoms with Gasteiger partial charge in [0.25, 0.3) is 0 Å². The van der Waals surface area contributed by atoms with Crippen LogP contribution in [0.25, 0.3) is 0 Å². The summed E-state index contributed by atoms with van der Waals surface area (Å²) in [6, 6.07) is 0. The van der Waals surface area contributed by atoms with E-state index in [4.69, 9.17) is 16.3 Å². The third-order valence-corrected chi connectivity index (χ3v) is 7.89. The highest BCUT2D eigenvalue weighted by molar-refractivity contribution is 14.1. The predicted molar refractivity (Wildman–Crippen MR) is 82.1 cm³/mol. The Morgan fingerprint density at radius 1 is 1.41 bits per heavy atom. The van der Waals surface area contributed by atoms with Crippen molar-refractivity contribution in [1.29, 1.82) is 0 Å². The van der Waals surface area contributed by atoms with Gasteiger partial charge in [-0.05, 0) is 42.9 Å². The SMILES string of the molecule is CC(CCl)(CI)OC1CC2CCC1(C)C2(C)C. The molecule has 2 rings (SSSR count). The molecule has 2 bridgehead atoms. The molecule has 0 aliphatic heterocycles. The molecule has 0 aromatic carbocycles. The molecule has 0 saturated heterocycles. The highest BCUT2D eigenvalue weighted by Gasteiger charge is 2.62. The number of hydrogen-bond donors (Lipinski definition) is 0. The maximum absolute atomic E-state index is 6.43. The largest absolute Gasteiger partial charge is 0.369 e. The number of hydrogen-bond acceptors (Lipinski definition) is 1. The molecule has 0 radical (unpaired) electrons. The second-order valence-electron chi connectivity index (χ2n) is 6.93. The predicted octanol–water partition coefficient (Wildman–Crippen LogP) is 4.65. The van der Waals surface area contributed by atoms with E-state index in [-0.39, 0.29) is 5.60 Å². The Labute approximate surface area is 124 Å². The Hall–Kier alpha value is 0.980. The highest BCUT2D eigenvalue weighted by atomic mass is 127. The average molecular weight is 371 g/mol. The number of rotatable bonds is 4. The molecular formula is C14H24ClIO. The summed E-state index contributed by atoms with van der Waals surface area (Å²) in [6.07, 6.45) is 4.32. The molecule has 0 amide bonds. The lowest BCUT2D eigenvalue weighted by Gasteiger charge is -2.42. The molecule has 2 aliphatic carbocycles. The van der Waals surface area contributed by atoms with Crippen LogP contribution in [0.5, 0.6) is 0 Å².